The van der Waals surface area contributed by atoms with Gasteiger partial charge in [0.2, 0.25) is 0 Å². The molecule has 4 nitrogen and oxygen atoms in total. The zero-order chi connectivity index (χ0) is 17.7. The highest BCUT2D eigenvalue weighted by atomic mass is 19.2. The molecular weight excluding hydrogens is 316 g/mol. The number of rotatable bonds is 6. The zero-order valence-electron chi connectivity index (χ0n) is 13.8. The number of benzene rings is 2. The monoisotopic (exact) mass is 335 g/mol. The van der Waals surface area contributed by atoms with Gasteiger partial charge in [0.25, 0.3) is 5.91 Å². The molecule has 0 aromatic heterocycles. The van der Waals surface area contributed by atoms with E-state index in [0.29, 0.717) is 17.1 Å². The molecule has 0 aliphatic carbocycles. The number of hydrogen-bond donors (Lipinski definition) is 0. The second-order valence-electron chi connectivity index (χ2n) is 5.32. The molecule has 0 saturated carbocycles. The molecule has 1 atom stereocenters. The Hall–Kier alpha value is -2.63. The van der Waals surface area contributed by atoms with Crippen molar-refractivity contribution in [2.45, 2.75) is 13.0 Å². The Kier molecular flexibility index (Phi) is 5.73. The minimum absolute atomic E-state index is 0.169. The summed E-state index contributed by atoms with van der Waals surface area (Å²) in [5.74, 6) is -0.996. The molecule has 2 rings (SSSR count). The maximum Gasteiger partial charge on any atom is 0.260 e. The third-order valence-corrected chi connectivity index (χ3v) is 3.80. The van der Waals surface area contributed by atoms with Crippen LogP contribution in [0.3, 0.4) is 0 Å². The summed E-state index contributed by atoms with van der Waals surface area (Å²) in [6, 6.07) is 10.1. The average molecular weight is 335 g/mol. The van der Waals surface area contributed by atoms with Gasteiger partial charge in [0.05, 0.1) is 13.2 Å². The highest BCUT2D eigenvalue weighted by molar-refractivity contribution is 5.78. The fourth-order valence-corrected chi connectivity index (χ4v) is 2.15. The number of halogens is 2. The summed E-state index contributed by atoms with van der Waals surface area (Å²) in [4.78, 5) is 13.7. The number of carbonyl (C=O) groups is 1. The standard InChI is InChI=1S/C18H19F2NO3/c1-12(13-7-8-16(19)17(20)9-13)21(2)18(22)11-24-15-6-4-5-14(10-15)23-3/h4-10,12H,11H2,1-3H3. The van der Waals surface area contributed by atoms with Gasteiger partial charge in [-0.3, -0.25) is 4.79 Å². The summed E-state index contributed by atoms with van der Waals surface area (Å²) in [6.45, 7) is 1.56. The molecular formula is C18H19F2NO3. The summed E-state index contributed by atoms with van der Waals surface area (Å²) >= 11 is 0. The number of ether oxygens (including phenoxy) is 2. The normalized spacial score (nSPS) is 11.7. The maximum atomic E-state index is 13.3. The van der Waals surface area contributed by atoms with Crippen molar-refractivity contribution in [2.24, 2.45) is 0 Å². The average Bonchev–Trinajstić information content (AvgIpc) is 2.60. The van der Waals surface area contributed by atoms with E-state index in [1.165, 1.54) is 11.0 Å². The van der Waals surface area contributed by atoms with E-state index >= 15 is 0 Å². The molecule has 1 unspecified atom stereocenters. The lowest BCUT2D eigenvalue weighted by atomic mass is 10.1. The van der Waals surface area contributed by atoms with Crippen LogP contribution >= 0.6 is 0 Å². The molecule has 0 spiro atoms. The van der Waals surface area contributed by atoms with Gasteiger partial charge in [-0.25, -0.2) is 8.78 Å². The lowest BCUT2D eigenvalue weighted by Gasteiger charge is -2.25. The topological polar surface area (TPSA) is 38.8 Å². The first-order chi connectivity index (χ1) is 11.4. The Morgan fingerprint density at radius 1 is 1.12 bits per heavy atom. The molecule has 0 heterocycles. The predicted molar refractivity (Wildman–Crippen MR) is 86.0 cm³/mol. The van der Waals surface area contributed by atoms with Gasteiger partial charge < -0.3 is 14.4 Å². The molecule has 0 saturated heterocycles. The van der Waals surface area contributed by atoms with Crippen molar-refractivity contribution in [1.82, 2.24) is 4.90 Å². The minimum Gasteiger partial charge on any atom is -0.497 e. The molecule has 0 aliphatic heterocycles. The van der Waals surface area contributed by atoms with Gasteiger partial charge in [-0.2, -0.15) is 0 Å². The molecule has 0 fully saturated rings. The van der Waals surface area contributed by atoms with Gasteiger partial charge in [0.1, 0.15) is 11.5 Å². The Balaban J connectivity index is 1.99. The van der Waals surface area contributed by atoms with E-state index in [9.17, 15) is 13.6 Å². The van der Waals surface area contributed by atoms with Gasteiger partial charge in [-0.1, -0.05) is 12.1 Å². The number of nitrogens with zero attached hydrogens (tertiary/aromatic N) is 1. The van der Waals surface area contributed by atoms with Crippen LogP contribution in [0.25, 0.3) is 0 Å². The number of likely N-dealkylation sites (N-methyl/N-ethyl adjacent to an activating group) is 1. The van der Waals surface area contributed by atoms with Crippen molar-refractivity contribution in [2.75, 3.05) is 20.8 Å². The molecule has 128 valence electrons. The third kappa shape index (κ3) is 4.22. The van der Waals surface area contributed by atoms with E-state index in [-0.39, 0.29) is 12.5 Å². The molecule has 2 aromatic rings. The van der Waals surface area contributed by atoms with Gasteiger partial charge in [0, 0.05) is 13.1 Å². The van der Waals surface area contributed by atoms with Crippen LogP contribution in [-0.2, 0) is 4.79 Å². The van der Waals surface area contributed by atoms with Crippen LogP contribution < -0.4 is 9.47 Å². The van der Waals surface area contributed by atoms with Crippen molar-refractivity contribution in [1.29, 1.82) is 0 Å². The van der Waals surface area contributed by atoms with Gasteiger partial charge in [-0.05, 0) is 36.8 Å². The second kappa shape index (κ2) is 7.77. The number of carbonyl (C=O) groups excluding carboxylic acids is 1. The molecule has 1 amide bonds. The Morgan fingerprint density at radius 2 is 1.83 bits per heavy atom. The lowest BCUT2D eigenvalue weighted by Crippen LogP contribution is -2.33. The van der Waals surface area contributed by atoms with Crippen LogP contribution in [0.2, 0.25) is 0 Å². The highest BCUT2D eigenvalue weighted by Crippen LogP contribution is 2.22. The van der Waals surface area contributed by atoms with Crippen LogP contribution in [0.4, 0.5) is 8.78 Å². The molecule has 2 aromatic carbocycles. The first-order valence-electron chi connectivity index (χ1n) is 7.40. The van der Waals surface area contributed by atoms with Gasteiger partial charge >= 0.3 is 0 Å². The third-order valence-electron chi connectivity index (χ3n) is 3.80. The van der Waals surface area contributed by atoms with Gasteiger partial charge in [0.15, 0.2) is 18.2 Å². The van der Waals surface area contributed by atoms with Crippen LogP contribution in [0.5, 0.6) is 11.5 Å². The predicted octanol–water partition coefficient (Wildman–Crippen LogP) is 3.57. The summed E-state index contributed by atoms with van der Waals surface area (Å²) in [5, 5.41) is 0. The number of hydrogen-bond acceptors (Lipinski definition) is 3. The van der Waals surface area contributed by atoms with Crippen molar-refractivity contribution >= 4 is 5.91 Å². The lowest BCUT2D eigenvalue weighted by molar-refractivity contribution is -0.134. The Labute approximate surface area is 139 Å². The van der Waals surface area contributed by atoms with E-state index in [2.05, 4.69) is 0 Å². The SMILES string of the molecule is COc1cccc(OCC(=O)N(C)C(C)c2ccc(F)c(F)c2)c1. The minimum atomic E-state index is -0.937. The van der Waals surface area contributed by atoms with E-state index in [1.807, 2.05) is 0 Å². The van der Waals surface area contributed by atoms with E-state index in [0.717, 1.165) is 12.1 Å². The van der Waals surface area contributed by atoms with E-state index in [1.54, 1.807) is 45.3 Å². The number of methoxy groups -OCH3 is 1. The summed E-state index contributed by atoms with van der Waals surface area (Å²) < 4.78 is 36.9. The second-order valence-corrected chi connectivity index (χ2v) is 5.32. The van der Waals surface area contributed by atoms with Crippen LogP contribution in [0, 0.1) is 11.6 Å². The Morgan fingerprint density at radius 3 is 2.50 bits per heavy atom. The van der Waals surface area contributed by atoms with Crippen molar-refractivity contribution in [3.8, 4) is 11.5 Å². The van der Waals surface area contributed by atoms with Gasteiger partial charge in [-0.15, -0.1) is 0 Å². The van der Waals surface area contributed by atoms with E-state index < -0.39 is 17.7 Å². The van der Waals surface area contributed by atoms with Crippen LogP contribution in [-0.4, -0.2) is 31.6 Å². The molecule has 6 heteroatoms. The highest BCUT2D eigenvalue weighted by Gasteiger charge is 2.19. The molecule has 0 N–H and O–H groups in total. The quantitative estimate of drug-likeness (QED) is 0.810. The largest absolute Gasteiger partial charge is 0.497 e. The Bertz CT molecular complexity index is 721. The number of amides is 1. The molecule has 24 heavy (non-hydrogen) atoms. The zero-order valence-corrected chi connectivity index (χ0v) is 13.8. The van der Waals surface area contributed by atoms with Crippen LogP contribution in [0.15, 0.2) is 42.5 Å². The molecule has 0 bridgehead atoms. The fourth-order valence-electron chi connectivity index (χ4n) is 2.15. The first-order valence-corrected chi connectivity index (χ1v) is 7.40. The van der Waals surface area contributed by atoms with Crippen molar-refractivity contribution in [3.05, 3.63) is 59.7 Å². The summed E-state index contributed by atoms with van der Waals surface area (Å²) in [5.41, 5.74) is 0.506. The van der Waals surface area contributed by atoms with Crippen LogP contribution in [0.1, 0.15) is 18.5 Å². The molecule has 0 radical (unpaired) electrons. The summed E-state index contributed by atoms with van der Waals surface area (Å²) in [6.07, 6.45) is 0. The van der Waals surface area contributed by atoms with Crippen molar-refractivity contribution in [3.63, 3.8) is 0 Å². The maximum absolute atomic E-state index is 13.3. The fraction of sp³-hybridized carbons (Fsp3) is 0.278. The smallest absolute Gasteiger partial charge is 0.260 e. The molecule has 0 aliphatic rings. The van der Waals surface area contributed by atoms with E-state index in [4.69, 9.17) is 9.47 Å². The summed E-state index contributed by atoms with van der Waals surface area (Å²) in [7, 11) is 3.13. The first kappa shape index (κ1) is 17.7. The van der Waals surface area contributed by atoms with Crippen molar-refractivity contribution < 1.29 is 23.0 Å².